The van der Waals surface area contributed by atoms with E-state index in [0.29, 0.717) is 16.3 Å². The summed E-state index contributed by atoms with van der Waals surface area (Å²) >= 11 is 7.40. The molecular formula is C13H10ClNO2S. The van der Waals surface area contributed by atoms with Gasteiger partial charge in [-0.1, -0.05) is 17.7 Å². The van der Waals surface area contributed by atoms with Gasteiger partial charge < -0.3 is 5.11 Å². The van der Waals surface area contributed by atoms with Crippen LogP contribution in [0.2, 0.25) is 5.02 Å². The number of thioether (sulfide) groups is 1. The first-order valence-electron chi connectivity index (χ1n) is 5.22. The molecule has 18 heavy (non-hydrogen) atoms. The minimum atomic E-state index is -0.918. The molecule has 0 bridgehead atoms. The monoisotopic (exact) mass is 279 g/mol. The normalized spacial score (nSPS) is 10.3. The summed E-state index contributed by atoms with van der Waals surface area (Å²) < 4.78 is 0. The van der Waals surface area contributed by atoms with Crippen LogP contribution in [0.1, 0.15) is 16.1 Å². The van der Waals surface area contributed by atoms with Crippen molar-refractivity contribution in [1.82, 2.24) is 4.98 Å². The predicted octanol–water partition coefficient (Wildman–Crippen LogP) is 3.73. The number of aromatic nitrogens is 1. The average Bonchev–Trinajstić information content (AvgIpc) is 2.37. The predicted molar refractivity (Wildman–Crippen MR) is 72.2 cm³/mol. The number of halogens is 1. The maximum Gasteiger partial charge on any atom is 0.335 e. The molecule has 0 spiro atoms. The van der Waals surface area contributed by atoms with Gasteiger partial charge in [0.1, 0.15) is 0 Å². The molecule has 0 amide bonds. The molecule has 3 nitrogen and oxygen atoms in total. The summed E-state index contributed by atoms with van der Waals surface area (Å²) in [6, 6.07) is 10.4. The zero-order valence-corrected chi connectivity index (χ0v) is 10.9. The molecule has 0 atom stereocenters. The number of aromatic carboxylic acids is 1. The first-order chi connectivity index (χ1) is 8.65. The third kappa shape index (κ3) is 3.48. The number of pyridine rings is 1. The Bertz CT molecular complexity index is 574. The molecule has 0 radical (unpaired) electrons. The Kier molecular flexibility index (Phi) is 4.23. The Labute approximate surface area is 114 Å². The van der Waals surface area contributed by atoms with E-state index in [2.05, 4.69) is 4.98 Å². The van der Waals surface area contributed by atoms with E-state index < -0.39 is 5.97 Å². The fourth-order valence-corrected chi connectivity index (χ4v) is 2.44. The van der Waals surface area contributed by atoms with Crippen LogP contribution in [0.5, 0.6) is 0 Å². The van der Waals surface area contributed by atoms with E-state index in [4.69, 9.17) is 16.7 Å². The number of hydrogen-bond donors (Lipinski definition) is 1. The highest BCUT2D eigenvalue weighted by molar-refractivity contribution is 7.98. The van der Waals surface area contributed by atoms with E-state index in [1.54, 1.807) is 36.5 Å². The molecule has 0 saturated carbocycles. The molecule has 0 aliphatic rings. The third-order valence-corrected chi connectivity index (χ3v) is 3.51. The van der Waals surface area contributed by atoms with E-state index >= 15 is 0 Å². The lowest BCUT2D eigenvalue weighted by Gasteiger charge is -2.03. The van der Waals surface area contributed by atoms with Gasteiger partial charge in [-0.3, -0.25) is 4.98 Å². The Balaban J connectivity index is 2.06. The number of carboxylic acids is 1. The summed E-state index contributed by atoms with van der Waals surface area (Å²) in [5.41, 5.74) is 1.16. The number of carboxylic acid groups (broad SMARTS) is 1. The maximum absolute atomic E-state index is 10.8. The lowest BCUT2D eigenvalue weighted by molar-refractivity contribution is 0.0696. The Morgan fingerprint density at radius 1 is 1.33 bits per heavy atom. The van der Waals surface area contributed by atoms with Gasteiger partial charge >= 0.3 is 5.97 Å². The van der Waals surface area contributed by atoms with Crippen LogP contribution in [0.4, 0.5) is 0 Å². The smallest absolute Gasteiger partial charge is 0.335 e. The largest absolute Gasteiger partial charge is 0.478 e. The molecule has 1 aromatic carbocycles. The van der Waals surface area contributed by atoms with Crippen molar-refractivity contribution >= 4 is 29.3 Å². The van der Waals surface area contributed by atoms with Crippen molar-refractivity contribution in [2.75, 3.05) is 0 Å². The zero-order valence-electron chi connectivity index (χ0n) is 9.34. The van der Waals surface area contributed by atoms with Crippen LogP contribution in [0.3, 0.4) is 0 Å². The van der Waals surface area contributed by atoms with Gasteiger partial charge in [0, 0.05) is 21.9 Å². The molecule has 1 N–H and O–H groups in total. The second-order valence-corrected chi connectivity index (χ2v) is 5.07. The maximum atomic E-state index is 10.8. The average molecular weight is 280 g/mol. The van der Waals surface area contributed by atoms with Gasteiger partial charge in [-0.15, -0.1) is 11.8 Å². The van der Waals surface area contributed by atoms with Gasteiger partial charge in [-0.05, 0) is 30.3 Å². The second-order valence-electron chi connectivity index (χ2n) is 3.59. The standard InChI is InChI=1S/C13H10ClNO2S/c14-10-4-5-15-11(7-10)8-18-12-3-1-2-9(6-12)13(16)17/h1-7H,8H2,(H,16,17). The van der Waals surface area contributed by atoms with Crippen molar-refractivity contribution in [2.24, 2.45) is 0 Å². The highest BCUT2D eigenvalue weighted by atomic mass is 35.5. The molecular weight excluding hydrogens is 270 g/mol. The number of nitrogens with zero attached hydrogens (tertiary/aromatic N) is 1. The first kappa shape index (κ1) is 12.9. The van der Waals surface area contributed by atoms with Crippen LogP contribution in [0, 0.1) is 0 Å². The molecule has 0 aliphatic heterocycles. The van der Waals surface area contributed by atoms with Crippen LogP contribution in [-0.2, 0) is 5.75 Å². The van der Waals surface area contributed by atoms with Crippen molar-refractivity contribution in [3.63, 3.8) is 0 Å². The van der Waals surface area contributed by atoms with Gasteiger partial charge in [0.25, 0.3) is 0 Å². The van der Waals surface area contributed by atoms with Crippen LogP contribution < -0.4 is 0 Å². The van der Waals surface area contributed by atoms with Gasteiger partial charge in [0.05, 0.1) is 11.3 Å². The minimum Gasteiger partial charge on any atom is -0.478 e. The van der Waals surface area contributed by atoms with Crippen molar-refractivity contribution in [3.8, 4) is 0 Å². The summed E-state index contributed by atoms with van der Waals surface area (Å²) in [6.45, 7) is 0. The topological polar surface area (TPSA) is 50.2 Å². The Hall–Kier alpha value is -1.52. The molecule has 5 heteroatoms. The molecule has 92 valence electrons. The SMILES string of the molecule is O=C(O)c1cccc(SCc2cc(Cl)ccn2)c1. The van der Waals surface area contributed by atoms with Crippen LogP contribution >= 0.6 is 23.4 Å². The quantitative estimate of drug-likeness (QED) is 0.867. The number of benzene rings is 1. The summed E-state index contributed by atoms with van der Waals surface area (Å²) in [4.78, 5) is 15.9. The molecule has 0 fully saturated rings. The van der Waals surface area contributed by atoms with Crippen LogP contribution in [0.15, 0.2) is 47.5 Å². The van der Waals surface area contributed by atoms with Crippen molar-refractivity contribution < 1.29 is 9.90 Å². The lowest BCUT2D eigenvalue weighted by Crippen LogP contribution is -1.95. The fourth-order valence-electron chi connectivity index (χ4n) is 1.40. The Morgan fingerprint density at radius 2 is 2.17 bits per heavy atom. The van der Waals surface area contributed by atoms with E-state index in [-0.39, 0.29) is 0 Å². The Morgan fingerprint density at radius 3 is 2.89 bits per heavy atom. The van der Waals surface area contributed by atoms with Crippen molar-refractivity contribution in [1.29, 1.82) is 0 Å². The highest BCUT2D eigenvalue weighted by Crippen LogP contribution is 2.23. The second kappa shape index (κ2) is 5.89. The van der Waals surface area contributed by atoms with Crippen LogP contribution in [0.25, 0.3) is 0 Å². The fraction of sp³-hybridized carbons (Fsp3) is 0.0769. The molecule has 2 rings (SSSR count). The molecule has 2 aromatic rings. The van der Waals surface area contributed by atoms with E-state index in [1.807, 2.05) is 6.07 Å². The van der Waals surface area contributed by atoms with E-state index in [9.17, 15) is 4.79 Å². The van der Waals surface area contributed by atoms with Crippen molar-refractivity contribution in [2.45, 2.75) is 10.6 Å². The number of hydrogen-bond acceptors (Lipinski definition) is 3. The highest BCUT2D eigenvalue weighted by Gasteiger charge is 2.04. The lowest BCUT2D eigenvalue weighted by atomic mass is 10.2. The summed E-state index contributed by atoms with van der Waals surface area (Å²) in [5, 5.41) is 9.54. The van der Waals surface area contributed by atoms with Gasteiger partial charge in [0.15, 0.2) is 0 Å². The third-order valence-electron chi connectivity index (χ3n) is 2.25. The molecule has 0 aliphatic carbocycles. The summed E-state index contributed by atoms with van der Waals surface area (Å²) in [7, 11) is 0. The van der Waals surface area contributed by atoms with E-state index in [0.717, 1.165) is 10.6 Å². The summed E-state index contributed by atoms with van der Waals surface area (Å²) in [5.74, 6) is -0.262. The molecule has 0 unspecified atom stereocenters. The number of rotatable bonds is 4. The van der Waals surface area contributed by atoms with Crippen LogP contribution in [-0.4, -0.2) is 16.1 Å². The molecule has 1 heterocycles. The summed E-state index contributed by atoms with van der Waals surface area (Å²) in [6.07, 6.45) is 1.66. The minimum absolute atomic E-state index is 0.291. The van der Waals surface area contributed by atoms with Gasteiger partial charge in [-0.25, -0.2) is 4.79 Å². The molecule has 1 aromatic heterocycles. The van der Waals surface area contributed by atoms with Crippen molar-refractivity contribution in [3.05, 3.63) is 58.9 Å². The van der Waals surface area contributed by atoms with E-state index in [1.165, 1.54) is 11.8 Å². The zero-order chi connectivity index (χ0) is 13.0. The first-order valence-corrected chi connectivity index (χ1v) is 6.58. The molecule has 0 saturated heterocycles. The number of carbonyl (C=O) groups is 1. The van der Waals surface area contributed by atoms with Gasteiger partial charge in [0.2, 0.25) is 0 Å². The van der Waals surface area contributed by atoms with Gasteiger partial charge in [-0.2, -0.15) is 0 Å².